The molecule has 20 heavy (non-hydrogen) atoms. The van der Waals surface area contributed by atoms with Crippen molar-refractivity contribution < 1.29 is 0 Å². The monoisotopic (exact) mass is 288 g/mol. The molecule has 2 aromatic rings. The SMILES string of the molecule is CCCNC(C)c1cnc(Cc2cc(C)cc(C)c2)s1. The topological polar surface area (TPSA) is 24.9 Å². The molecule has 0 aliphatic carbocycles. The summed E-state index contributed by atoms with van der Waals surface area (Å²) >= 11 is 1.82. The predicted molar refractivity (Wildman–Crippen MR) is 87.5 cm³/mol. The van der Waals surface area contributed by atoms with Crippen molar-refractivity contribution in [1.82, 2.24) is 10.3 Å². The van der Waals surface area contributed by atoms with Crippen LogP contribution in [0.4, 0.5) is 0 Å². The molecule has 0 fully saturated rings. The minimum absolute atomic E-state index is 0.403. The van der Waals surface area contributed by atoms with E-state index in [1.54, 1.807) is 0 Å². The molecule has 1 aromatic carbocycles. The summed E-state index contributed by atoms with van der Waals surface area (Å²) < 4.78 is 0. The molecule has 0 radical (unpaired) electrons. The predicted octanol–water partition coefficient (Wildman–Crippen LogP) is 4.41. The van der Waals surface area contributed by atoms with Crippen molar-refractivity contribution in [3.05, 3.63) is 51.0 Å². The van der Waals surface area contributed by atoms with E-state index in [0.29, 0.717) is 6.04 Å². The van der Waals surface area contributed by atoms with Gasteiger partial charge in [-0.1, -0.05) is 36.2 Å². The zero-order valence-electron chi connectivity index (χ0n) is 12.9. The quantitative estimate of drug-likeness (QED) is 0.851. The standard InChI is InChI=1S/C17H24N2S/c1-5-6-18-14(4)16-11-19-17(20-16)10-15-8-12(2)7-13(3)9-15/h7-9,11,14,18H,5-6,10H2,1-4H3. The molecule has 1 unspecified atom stereocenters. The fraction of sp³-hybridized carbons (Fsp3) is 0.471. The lowest BCUT2D eigenvalue weighted by Crippen LogP contribution is -2.18. The Balaban J connectivity index is 2.05. The number of rotatable bonds is 6. The lowest BCUT2D eigenvalue weighted by atomic mass is 10.1. The van der Waals surface area contributed by atoms with Gasteiger partial charge in [0.2, 0.25) is 0 Å². The van der Waals surface area contributed by atoms with Crippen molar-refractivity contribution >= 4 is 11.3 Å². The van der Waals surface area contributed by atoms with Gasteiger partial charge in [-0.15, -0.1) is 11.3 Å². The maximum atomic E-state index is 4.58. The van der Waals surface area contributed by atoms with Crippen LogP contribution < -0.4 is 5.32 Å². The number of nitrogens with zero attached hydrogens (tertiary/aromatic N) is 1. The van der Waals surface area contributed by atoms with Gasteiger partial charge in [0.05, 0.1) is 5.01 Å². The first-order chi connectivity index (χ1) is 9.58. The first-order valence-corrected chi connectivity index (χ1v) is 8.15. The van der Waals surface area contributed by atoms with Crippen LogP contribution in [0, 0.1) is 13.8 Å². The van der Waals surface area contributed by atoms with Crippen LogP contribution in [0.2, 0.25) is 0 Å². The third-order valence-electron chi connectivity index (χ3n) is 3.34. The maximum absolute atomic E-state index is 4.58. The van der Waals surface area contributed by atoms with Gasteiger partial charge in [0, 0.05) is 23.5 Å². The summed E-state index contributed by atoms with van der Waals surface area (Å²) in [5, 5.41) is 4.72. The van der Waals surface area contributed by atoms with Crippen molar-refractivity contribution in [2.75, 3.05) is 6.54 Å². The van der Waals surface area contributed by atoms with Crippen molar-refractivity contribution in [3.63, 3.8) is 0 Å². The van der Waals surface area contributed by atoms with Crippen LogP contribution in [0.25, 0.3) is 0 Å². The lowest BCUT2D eigenvalue weighted by molar-refractivity contribution is 0.577. The molecule has 0 aliphatic heterocycles. The summed E-state index contributed by atoms with van der Waals surface area (Å²) in [5.74, 6) is 0. The van der Waals surface area contributed by atoms with Gasteiger partial charge in [-0.2, -0.15) is 0 Å². The Morgan fingerprint density at radius 3 is 2.55 bits per heavy atom. The van der Waals surface area contributed by atoms with E-state index in [1.807, 2.05) is 17.5 Å². The molecule has 0 spiro atoms. The third-order valence-corrected chi connectivity index (χ3v) is 4.52. The summed E-state index contributed by atoms with van der Waals surface area (Å²) in [7, 11) is 0. The van der Waals surface area contributed by atoms with E-state index >= 15 is 0 Å². The molecule has 0 saturated heterocycles. The zero-order valence-corrected chi connectivity index (χ0v) is 13.7. The minimum atomic E-state index is 0.403. The summed E-state index contributed by atoms with van der Waals surface area (Å²) in [6.07, 6.45) is 4.13. The molecular formula is C17H24N2S. The molecule has 1 N–H and O–H groups in total. The Kier molecular flexibility index (Phi) is 5.32. The van der Waals surface area contributed by atoms with E-state index in [-0.39, 0.29) is 0 Å². The first kappa shape index (κ1) is 15.2. The highest BCUT2D eigenvalue weighted by Crippen LogP contribution is 2.23. The number of hydrogen-bond donors (Lipinski definition) is 1. The molecule has 1 aromatic heterocycles. The van der Waals surface area contributed by atoms with Gasteiger partial charge < -0.3 is 5.32 Å². The highest BCUT2D eigenvalue weighted by atomic mass is 32.1. The highest BCUT2D eigenvalue weighted by Gasteiger charge is 2.09. The van der Waals surface area contributed by atoms with Crippen molar-refractivity contribution in [2.24, 2.45) is 0 Å². The maximum Gasteiger partial charge on any atom is 0.0972 e. The molecular weight excluding hydrogens is 264 g/mol. The molecule has 2 rings (SSSR count). The van der Waals surface area contributed by atoms with Crippen LogP contribution >= 0.6 is 11.3 Å². The summed E-state index contributed by atoms with van der Waals surface area (Å²) in [5.41, 5.74) is 4.02. The molecule has 3 heteroatoms. The van der Waals surface area contributed by atoms with Crippen molar-refractivity contribution in [3.8, 4) is 0 Å². The summed E-state index contributed by atoms with van der Waals surface area (Å²) in [4.78, 5) is 5.91. The number of benzene rings is 1. The molecule has 108 valence electrons. The van der Waals surface area contributed by atoms with Gasteiger partial charge >= 0.3 is 0 Å². The Morgan fingerprint density at radius 1 is 1.20 bits per heavy atom. The Labute approximate surface area is 126 Å². The van der Waals surface area contributed by atoms with E-state index in [9.17, 15) is 0 Å². The van der Waals surface area contributed by atoms with Gasteiger partial charge in [0.1, 0.15) is 0 Å². The van der Waals surface area contributed by atoms with Gasteiger partial charge in [0.15, 0.2) is 0 Å². The second kappa shape index (κ2) is 7.00. The van der Waals surface area contributed by atoms with E-state index in [1.165, 1.54) is 33.0 Å². The van der Waals surface area contributed by atoms with E-state index < -0.39 is 0 Å². The molecule has 1 heterocycles. The van der Waals surface area contributed by atoms with Crippen molar-refractivity contribution in [2.45, 2.75) is 46.6 Å². The second-order valence-corrected chi connectivity index (χ2v) is 6.65. The minimum Gasteiger partial charge on any atom is -0.309 e. The molecule has 0 saturated carbocycles. The molecule has 0 aliphatic rings. The van der Waals surface area contributed by atoms with Crippen LogP contribution in [0.15, 0.2) is 24.4 Å². The fourth-order valence-electron chi connectivity index (χ4n) is 2.41. The normalized spacial score (nSPS) is 12.6. The Bertz CT molecular complexity index is 540. The van der Waals surface area contributed by atoms with Crippen molar-refractivity contribution in [1.29, 1.82) is 0 Å². The number of thiazole rings is 1. The number of aryl methyl sites for hydroxylation is 2. The van der Waals surface area contributed by atoms with Crippen LogP contribution in [0.5, 0.6) is 0 Å². The molecule has 2 nitrogen and oxygen atoms in total. The summed E-state index contributed by atoms with van der Waals surface area (Å²) in [6.45, 7) is 9.77. The number of hydrogen-bond acceptors (Lipinski definition) is 3. The smallest absolute Gasteiger partial charge is 0.0972 e. The van der Waals surface area contributed by atoms with Crippen LogP contribution in [0.3, 0.4) is 0 Å². The molecule has 1 atom stereocenters. The van der Waals surface area contributed by atoms with Crippen LogP contribution in [-0.4, -0.2) is 11.5 Å². The zero-order chi connectivity index (χ0) is 14.5. The Morgan fingerprint density at radius 2 is 1.90 bits per heavy atom. The van der Waals surface area contributed by atoms with E-state index in [2.05, 4.69) is 56.2 Å². The number of nitrogens with one attached hydrogen (secondary N) is 1. The molecule has 0 amide bonds. The van der Waals surface area contributed by atoms with E-state index in [0.717, 1.165) is 13.0 Å². The summed E-state index contributed by atoms with van der Waals surface area (Å²) in [6, 6.07) is 7.13. The molecule has 0 bridgehead atoms. The highest BCUT2D eigenvalue weighted by molar-refractivity contribution is 7.11. The first-order valence-electron chi connectivity index (χ1n) is 7.33. The Hall–Kier alpha value is -1.19. The number of aromatic nitrogens is 1. The largest absolute Gasteiger partial charge is 0.309 e. The van der Waals surface area contributed by atoms with Crippen LogP contribution in [0.1, 0.15) is 52.9 Å². The fourth-order valence-corrected chi connectivity index (χ4v) is 3.40. The third kappa shape index (κ3) is 4.15. The van der Waals surface area contributed by atoms with Gasteiger partial charge in [-0.25, -0.2) is 4.98 Å². The van der Waals surface area contributed by atoms with Crippen LogP contribution in [-0.2, 0) is 6.42 Å². The average Bonchev–Trinajstić information content (AvgIpc) is 2.83. The lowest BCUT2D eigenvalue weighted by Gasteiger charge is -2.09. The van der Waals surface area contributed by atoms with Gasteiger partial charge in [-0.05, 0) is 39.3 Å². The van der Waals surface area contributed by atoms with E-state index in [4.69, 9.17) is 0 Å². The average molecular weight is 288 g/mol. The van der Waals surface area contributed by atoms with Gasteiger partial charge in [-0.3, -0.25) is 0 Å². The second-order valence-electron chi connectivity index (χ2n) is 5.50. The van der Waals surface area contributed by atoms with Gasteiger partial charge in [0.25, 0.3) is 0 Å².